The van der Waals surface area contributed by atoms with E-state index in [0.29, 0.717) is 18.1 Å². The number of amides is 1. The summed E-state index contributed by atoms with van der Waals surface area (Å²) in [4.78, 5) is 22.5. The van der Waals surface area contributed by atoms with Crippen LogP contribution in [0.1, 0.15) is 16.2 Å². The zero-order valence-electron chi connectivity index (χ0n) is 14.1. The molecule has 0 saturated heterocycles. The van der Waals surface area contributed by atoms with E-state index in [4.69, 9.17) is 4.42 Å². The number of anilines is 3. The third-order valence-corrected chi connectivity index (χ3v) is 3.57. The molecule has 0 unspecified atom stereocenters. The monoisotopic (exact) mass is 337 g/mol. The van der Waals surface area contributed by atoms with Crippen molar-refractivity contribution in [2.45, 2.75) is 6.54 Å². The molecule has 0 spiro atoms. The Bertz CT molecular complexity index is 829. The molecule has 0 aliphatic rings. The number of hydrogen-bond donors (Lipinski definition) is 2. The predicted octanol–water partition coefficient (Wildman–Crippen LogP) is 3.00. The van der Waals surface area contributed by atoms with Crippen LogP contribution in [0, 0.1) is 0 Å². The van der Waals surface area contributed by atoms with Crippen molar-refractivity contribution >= 4 is 23.1 Å². The summed E-state index contributed by atoms with van der Waals surface area (Å²) in [6.07, 6.45) is 2.96. The van der Waals surface area contributed by atoms with Crippen molar-refractivity contribution in [2.24, 2.45) is 0 Å². The third kappa shape index (κ3) is 4.35. The number of furan rings is 1. The number of hydrogen-bond acceptors (Lipinski definition) is 6. The van der Waals surface area contributed by atoms with Gasteiger partial charge in [-0.1, -0.05) is 0 Å². The summed E-state index contributed by atoms with van der Waals surface area (Å²) in [6, 6.07) is 12.9. The van der Waals surface area contributed by atoms with Gasteiger partial charge in [-0.05, 0) is 36.4 Å². The standard InChI is InChI=1S/C18H19N5O2/c1-23(2)14-7-5-13(6-8-14)22-18(24)16-10-17(21-12-20-16)19-11-15-4-3-9-25-15/h3-10,12H,11H2,1-2H3,(H,22,24)(H,19,20,21). The minimum absolute atomic E-state index is 0.286. The SMILES string of the molecule is CN(C)c1ccc(NC(=O)c2cc(NCc3ccco3)ncn2)cc1. The molecule has 0 radical (unpaired) electrons. The highest BCUT2D eigenvalue weighted by Crippen LogP contribution is 2.16. The number of nitrogens with one attached hydrogen (secondary N) is 2. The molecular formula is C18H19N5O2. The number of carbonyl (C=O) groups is 1. The summed E-state index contributed by atoms with van der Waals surface area (Å²) in [6.45, 7) is 0.483. The van der Waals surface area contributed by atoms with E-state index in [1.807, 2.05) is 55.4 Å². The largest absolute Gasteiger partial charge is 0.467 e. The molecule has 0 aliphatic carbocycles. The Hall–Kier alpha value is -3.35. The zero-order chi connectivity index (χ0) is 17.6. The highest BCUT2D eigenvalue weighted by Gasteiger charge is 2.10. The van der Waals surface area contributed by atoms with Gasteiger partial charge < -0.3 is 20.0 Å². The lowest BCUT2D eigenvalue weighted by atomic mass is 10.2. The molecule has 0 atom stereocenters. The highest BCUT2D eigenvalue weighted by molar-refractivity contribution is 6.03. The van der Waals surface area contributed by atoms with E-state index in [1.165, 1.54) is 6.33 Å². The van der Waals surface area contributed by atoms with E-state index in [9.17, 15) is 4.79 Å². The number of nitrogens with zero attached hydrogens (tertiary/aromatic N) is 3. The van der Waals surface area contributed by atoms with Crippen molar-refractivity contribution in [1.82, 2.24) is 9.97 Å². The first kappa shape index (κ1) is 16.5. The second kappa shape index (κ2) is 7.48. The minimum Gasteiger partial charge on any atom is -0.467 e. The van der Waals surface area contributed by atoms with Crippen molar-refractivity contribution < 1.29 is 9.21 Å². The number of carbonyl (C=O) groups excluding carboxylic acids is 1. The number of benzene rings is 1. The van der Waals surface area contributed by atoms with Crippen LogP contribution in [-0.2, 0) is 6.54 Å². The lowest BCUT2D eigenvalue weighted by Gasteiger charge is -2.13. The summed E-state index contributed by atoms with van der Waals surface area (Å²) in [5.74, 6) is 1.05. The molecule has 1 aromatic carbocycles. The lowest BCUT2D eigenvalue weighted by molar-refractivity contribution is 0.102. The van der Waals surface area contributed by atoms with Crippen LogP contribution in [0.3, 0.4) is 0 Å². The summed E-state index contributed by atoms with van der Waals surface area (Å²) >= 11 is 0. The Morgan fingerprint density at radius 1 is 1.16 bits per heavy atom. The molecule has 0 fully saturated rings. The molecule has 2 N–H and O–H groups in total. The van der Waals surface area contributed by atoms with Crippen molar-refractivity contribution in [2.75, 3.05) is 29.6 Å². The van der Waals surface area contributed by atoms with E-state index in [-0.39, 0.29) is 11.6 Å². The Morgan fingerprint density at radius 2 is 1.96 bits per heavy atom. The second-order valence-corrected chi connectivity index (χ2v) is 5.62. The first-order chi connectivity index (χ1) is 12.1. The fourth-order valence-electron chi connectivity index (χ4n) is 2.21. The van der Waals surface area contributed by atoms with E-state index >= 15 is 0 Å². The molecule has 1 amide bonds. The predicted molar refractivity (Wildman–Crippen MR) is 96.8 cm³/mol. The van der Waals surface area contributed by atoms with Crippen molar-refractivity contribution in [1.29, 1.82) is 0 Å². The maximum absolute atomic E-state index is 12.4. The summed E-state index contributed by atoms with van der Waals surface area (Å²) in [5.41, 5.74) is 2.05. The van der Waals surface area contributed by atoms with Crippen molar-refractivity contribution in [3.05, 3.63) is 66.5 Å². The van der Waals surface area contributed by atoms with Crippen LogP contribution >= 0.6 is 0 Å². The highest BCUT2D eigenvalue weighted by atomic mass is 16.3. The lowest BCUT2D eigenvalue weighted by Crippen LogP contribution is -2.15. The maximum atomic E-state index is 12.4. The topological polar surface area (TPSA) is 83.3 Å². The Kier molecular flexibility index (Phi) is 4.94. The Balaban J connectivity index is 1.64. The van der Waals surface area contributed by atoms with Crippen LogP contribution in [0.15, 0.2) is 59.5 Å². The normalized spacial score (nSPS) is 10.3. The summed E-state index contributed by atoms with van der Waals surface area (Å²) in [5, 5.41) is 5.92. The van der Waals surface area contributed by atoms with E-state index in [1.54, 1.807) is 12.3 Å². The van der Waals surface area contributed by atoms with Gasteiger partial charge >= 0.3 is 0 Å². The Morgan fingerprint density at radius 3 is 2.64 bits per heavy atom. The summed E-state index contributed by atoms with van der Waals surface area (Å²) < 4.78 is 5.25. The molecule has 25 heavy (non-hydrogen) atoms. The van der Waals surface area contributed by atoms with Crippen LogP contribution in [-0.4, -0.2) is 30.0 Å². The van der Waals surface area contributed by atoms with Gasteiger partial charge in [0.1, 0.15) is 23.6 Å². The van der Waals surface area contributed by atoms with E-state index in [2.05, 4.69) is 20.6 Å². The van der Waals surface area contributed by atoms with Crippen LogP contribution in [0.5, 0.6) is 0 Å². The van der Waals surface area contributed by atoms with Gasteiger partial charge in [-0.3, -0.25) is 4.79 Å². The number of aromatic nitrogens is 2. The van der Waals surface area contributed by atoms with Gasteiger partial charge in [0, 0.05) is 31.5 Å². The molecule has 3 aromatic rings. The van der Waals surface area contributed by atoms with Gasteiger partial charge in [0.2, 0.25) is 0 Å². The van der Waals surface area contributed by atoms with E-state index in [0.717, 1.165) is 11.4 Å². The molecule has 0 aliphatic heterocycles. The molecule has 0 saturated carbocycles. The minimum atomic E-state index is -0.291. The molecular weight excluding hydrogens is 318 g/mol. The van der Waals surface area contributed by atoms with Gasteiger partial charge in [-0.25, -0.2) is 9.97 Å². The van der Waals surface area contributed by atoms with Gasteiger partial charge in [-0.2, -0.15) is 0 Å². The molecule has 7 heteroatoms. The second-order valence-electron chi connectivity index (χ2n) is 5.62. The van der Waals surface area contributed by atoms with Gasteiger partial charge in [0.05, 0.1) is 12.8 Å². The fraction of sp³-hybridized carbons (Fsp3) is 0.167. The molecule has 128 valence electrons. The van der Waals surface area contributed by atoms with Crippen molar-refractivity contribution in [3.63, 3.8) is 0 Å². The van der Waals surface area contributed by atoms with Gasteiger partial charge in [0.25, 0.3) is 5.91 Å². The van der Waals surface area contributed by atoms with Crippen molar-refractivity contribution in [3.8, 4) is 0 Å². The average Bonchev–Trinajstić information content (AvgIpc) is 3.14. The molecule has 2 heterocycles. The van der Waals surface area contributed by atoms with Crippen LogP contribution in [0.4, 0.5) is 17.2 Å². The fourth-order valence-corrected chi connectivity index (χ4v) is 2.21. The van der Waals surface area contributed by atoms with Gasteiger partial charge in [-0.15, -0.1) is 0 Å². The van der Waals surface area contributed by atoms with Crippen LogP contribution in [0.2, 0.25) is 0 Å². The van der Waals surface area contributed by atoms with Crippen LogP contribution in [0.25, 0.3) is 0 Å². The Labute approximate surface area is 145 Å². The zero-order valence-corrected chi connectivity index (χ0v) is 14.1. The quantitative estimate of drug-likeness (QED) is 0.719. The summed E-state index contributed by atoms with van der Waals surface area (Å²) in [7, 11) is 3.93. The van der Waals surface area contributed by atoms with E-state index < -0.39 is 0 Å². The molecule has 2 aromatic heterocycles. The first-order valence-corrected chi connectivity index (χ1v) is 7.79. The molecule has 7 nitrogen and oxygen atoms in total. The first-order valence-electron chi connectivity index (χ1n) is 7.79. The average molecular weight is 337 g/mol. The number of rotatable bonds is 6. The third-order valence-electron chi connectivity index (χ3n) is 3.57. The maximum Gasteiger partial charge on any atom is 0.274 e. The van der Waals surface area contributed by atoms with Crippen LogP contribution < -0.4 is 15.5 Å². The molecule has 0 bridgehead atoms. The van der Waals surface area contributed by atoms with Gasteiger partial charge in [0.15, 0.2) is 0 Å². The smallest absolute Gasteiger partial charge is 0.274 e. The molecule has 3 rings (SSSR count).